The first-order valence-electron chi connectivity index (χ1n) is 6.09. The van der Waals surface area contributed by atoms with Gasteiger partial charge in [0.05, 0.1) is 11.3 Å². The molecule has 3 aromatic rings. The maximum atomic E-state index is 12.1. The lowest BCUT2D eigenvalue weighted by atomic mass is 10.1. The van der Waals surface area contributed by atoms with Crippen LogP contribution in [-0.4, -0.2) is 19.7 Å². The fraction of sp³-hybridized carbons (Fsp3) is 0.143. The molecule has 0 fully saturated rings. The Bertz CT molecular complexity index is 834. The normalized spacial score (nSPS) is 11.1. The first-order chi connectivity index (χ1) is 9.54. The number of H-pyrrole nitrogens is 1. The molecule has 0 saturated carbocycles. The van der Waals surface area contributed by atoms with Crippen LogP contribution in [0.4, 0.5) is 0 Å². The van der Waals surface area contributed by atoms with Crippen molar-refractivity contribution in [1.82, 2.24) is 14.6 Å². The summed E-state index contributed by atoms with van der Waals surface area (Å²) in [7, 11) is 0. The largest absolute Gasteiger partial charge is 0.493 e. The number of hydrogen-bond acceptors (Lipinski definition) is 3. The number of fused-ring (bicyclic) bond motifs is 1. The molecule has 0 radical (unpaired) electrons. The van der Waals surface area contributed by atoms with Gasteiger partial charge in [-0.15, -0.1) is 0 Å². The number of nitrogens with zero attached hydrogens (tertiary/aromatic N) is 2. The van der Waals surface area contributed by atoms with E-state index in [0.29, 0.717) is 17.1 Å². The number of nitrogens with one attached hydrogen (secondary N) is 1. The lowest BCUT2D eigenvalue weighted by molar-refractivity contribution is 0.427. The summed E-state index contributed by atoms with van der Waals surface area (Å²) < 4.78 is 1.34. The molecule has 20 heavy (non-hydrogen) atoms. The van der Waals surface area contributed by atoms with Gasteiger partial charge < -0.3 is 10.1 Å². The van der Waals surface area contributed by atoms with Gasteiger partial charge in [0.25, 0.3) is 5.56 Å². The predicted octanol–water partition coefficient (Wildman–Crippen LogP) is 2.28. The number of aryl methyl sites for hydroxylation is 1. The molecule has 0 amide bonds. The van der Waals surface area contributed by atoms with Crippen molar-refractivity contribution in [3.63, 3.8) is 0 Å². The minimum Gasteiger partial charge on any atom is -0.493 e. The smallest absolute Gasteiger partial charge is 0.258 e. The van der Waals surface area contributed by atoms with E-state index in [2.05, 4.69) is 10.1 Å². The monoisotopic (exact) mass is 289 g/mol. The van der Waals surface area contributed by atoms with Gasteiger partial charge in [0.2, 0.25) is 5.88 Å². The van der Waals surface area contributed by atoms with Crippen LogP contribution in [0.1, 0.15) is 16.8 Å². The third-order valence-corrected chi connectivity index (χ3v) is 3.36. The van der Waals surface area contributed by atoms with Gasteiger partial charge in [0, 0.05) is 17.5 Å². The van der Waals surface area contributed by atoms with Crippen molar-refractivity contribution in [2.45, 2.75) is 13.3 Å². The van der Waals surface area contributed by atoms with Crippen LogP contribution in [0.2, 0.25) is 5.02 Å². The van der Waals surface area contributed by atoms with Crippen LogP contribution in [0.5, 0.6) is 5.88 Å². The first-order valence-corrected chi connectivity index (χ1v) is 6.47. The number of aromatic hydroxyl groups is 1. The van der Waals surface area contributed by atoms with E-state index < -0.39 is 0 Å². The highest BCUT2D eigenvalue weighted by Gasteiger charge is 2.13. The molecule has 0 atom stereocenters. The number of hydrogen-bond donors (Lipinski definition) is 2. The zero-order chi connectivity index (χ0) is 14.3. The highest BCUT2D eigenvalue weighted by molar-refractivity contribution is 6.30. The van der Waals surface area contributed by atoms with Gasteiger partial charge >= 0.3 is 0 Å². The highest BCUT2D eigenvalue weighted by Crippen LogP contribution is 2.19. The molecule has 0 saturated heterocycles. The number of benzene rings is 1. The number of rotatable bonds is 2. The van der Waals surface area contributed by atoms with Crippen molar-refractivity contribution in [2.75, 3.05) is 0 Å². The molecule has 0 aliphatic carbocycles. The summed E-state index contributed by atoms with van der Waals surface area (Å²) in [6.45, 7) is 1.80. The van der Waals surface area contributed by atoms with Crippen molar-refractivity contribution < 1.29 is 5.11 Å². The molecule has 0 spiro atoms. The second-order valence-electron chi connectivity index (χ2n) is 4.64. The van der Waals surface area contributed by atoms with E-state index in [1.165, 1.54) is 4.52 Å². The van der Waals surface area contributed by atoms with Gasteiger partial charge in [0.15, 0.2) is 0 Å². The Balaban J connectivity index is 2.11. The van der Waals surface area contributed by atoms with Crippen LogP contribution in [0.15, 0.2) is 35.1 Å². The van der Waals surface area contributed by atoms with Crippen LogP contribution in [-0.2, 0) is 6.42 Å². The minimum absolute atomic E-state index is 0.133. The summed E-state index contributed by atoms with van der Waals surface area (Å²) in [5.41, 5.74) is 2.05. The third kappa shape index (κ3) is 2.16. The second-order valence-corrected chi connectivity index (χ2v) is 5.08. The highest BCUT2D eigenvalue weighted by atomic mass is 35.5. The van der Waals surface area contributed by atoms with Crippen LogP contribution < -0.4 is 5.56 Å². The minimum atomic E-state index is -0.315. The zero-order valence-electron chi connectivity index (χ0n) is 10.7. The molecule has 102 valence electrons. The molecular formula is C14H12ClN3O2. The van der Waals surface area contributed by atoms with E-state index in [1.807, 2.05) is 12.1 Å². The van der Waals surface area contributed by atoms with E-state index in [9.17, 15) is 9.90 Å². The zero-order valence-corrected chi connectivity index (χ0v) is 11.5. The summed E-state index contributed by atoms with van der Waals surface area (Å²) >= 11 is 5.83. The van der Waals surface area contributed by atoms with Gasteiger partial charge in [-0.05, 0) is 24.6 Å². The van der Waals surface area contributed by atoms with E-state index in [-0.39, 0.29) is 17.0 Å². The van der Waals surface area contributed by atoms with Gasteiger partial charge in [-0.3, -0.25) is 4.79 Å². The summed E-state index contributed by atoms with van der Waals surface area (Å²) in [5, 5.41) is 15.0. The Morgan fingerprint density at radius 1 is 1.35 bits per heavy atom. The Morgan fingerprint density at radius 3 is 2.75 bits per heavy atom. The quantitative estimate of drug-likeness (QED) is 0.760. The maximum absolute atomic E-state index is 12.1. The number of aromatic nitrogens is 3. The van der Waals surface area contributed by atoms with Gasteiger partial charge in [-0.1, -0.05) is 23.7 Å². The molecule has 6 heteroatoms. The lowest BCUT2D eigenvalue weighted by Crippen LogP contribution is -2.16. The Labute approximate surface area is 119 Å². The molecule has 1 aromatic carbocycles. The maximum Gasteiger partial charge on any atom is 0.258 e. The van der Waals surface area contributed by atoms with Crippen LogP contribution >= 0.6 is 11.6 Å². The Hall–Kier alpha value is -2.27. The molecule has 0 bridgehead atoms. The number of aromatic amines is 1. The lowest BCUT2D eigenvalue weighted by Gasteiger charge is -2.05. The SMILES string of the molecule is Cc1cc2[nH]c(=O)c(Cc3ccc(Cl)cc3)c(O)n2n1. The van der Waals surface area contributed by atoms with Crippen molar-refractivity contribution in [3.8, 4) is 5.88 Å². The number of halogens is 1. The fourth-order valence-electron chi connectivity index (χ4n) is 2.14. The first kappa shape index (κ1) is 12.7. The van der Waals surface area contributed by atoms with Crippen molar-refractivity contribution in [2.24, 2.45) is 0 Å². The summed E-state index contributed by atoms with van der Waals surface area (Å²) in [4.78, 5) is 14.8. The van der Waals surface area contributed by atoms with Gasteiger partial charge in [-0.2, -0.15) is 9.61 Å². The molecule has 0 aliphatic rings. The van der Waals surface area contributed by atoms with Crippen LogP contribution in [0.25, 0.3) is 5.65 Å². The van der Waals surface area contributed by atoms with Gasteiger partial charge in [0.1, 0.15) is 5.65 Å². The summed E-state index contributed by atoms with van der Waals surface area (Å²) in [6.07, 6.45) is 0.313. The molecule has 2 aromatic heterocycles. The van der Waals surface area contributed by atoms with E-state index in [1.54, 1.807) is 25.1 Å². The Kier molecular flexibility index (Phi) is 2.99. The van der Waals surface area contributed by atoms with Crippen LogP contribution in [0.3, 0.4) is 0 Å². The van der Waals surface area contributed by atoms with Crippen molar-refractivity contribution in [1.29, 1.82) is 0 Å². The molecular weight excluding hydrogens is 278 g/mol. The molecule has 0 unspecified atom stereocenters. The summed E-state index contributed by atoms with van der Waals surface area (Å²) in [5.74, 6) is -0.133. The van der Waals surface area contributed by atoms with Crippen molar-refractivity contribution >= 4 is 17.2 Å². The predicted molar refractivity (Wildman–Crippen MR) is 76.5 cm³/mol. The van der Waals surface area contributed by atoms with Gasteiger partial charge in [-0.25, -0.2) is 0 Å². The Morgan fingerprint density at radius 2 is 2.05 bits per heavy atom. The molecule has 2 heterocycles. The topological polar surface area (TPSA) is 70.4 Å². The summed E-state index contributed by atoms with van der Waals surface area (Å²) in [6, 6.07) is 8.84. The van der Waals surface area contributed by atoms with E-state index in [0.717, 1.165) is 11.3 Å². The molecule has 0 aliphatic heterocycles. The average Bonchev–Trinajstić information content (AvgIpc) is 2.77. The molecule has 5 nitrogen and oxygen atoms in total. The van der Waals surface area contributed by atoms with Crippen molar-refractivity contribution in [3.05, 3.63) is 62.5 Å². The molecule has 2 N–H and O–H groups in total. The second kappa shape index (κ2) is 4.68. The fourth-order valence-corrected chi connectivity index (χ4v) is 2.26. The van der Waals surface area contributed by atoms with Crippen LogP contribution in [0, 0.1) is 6.92 Å². The third-order valence-electron chi connectivity index (χ3n) is 3.11. The van der Waals surface area contributed by atoms with E-state index >= 15 is 0 Å². The standard InChI is InChI=1S/C14H12ClN3O2/c1-8-6-12-16-13(19)11(14(20)18(12)17-8)7-9-2-4-10(15)5-3-9/h2-6,20H,7H2,1H3,(H,16,19). The molecule has 3 rings (SSSR count). The van der Waals surface area contributed by atoms with E-state index in [4.69, 9.17) is 11.6 Å². The average molecular weight is 290 g/mol.